The number of sulfonamides is 1. The van der Waals surface area contributed by atoms with Gasteiger partial charge in [0.25, 0.3) is 0 Å². The lowest BCUT2D eigenvalue weighted by molar-refractivity contribution is 0.579. The summed E-state index contributed by atoms with van der Waals surface area (Å²) < 4.78 is 26.2. The predicted octanol–water partition coefficient (Wildman–Crippen LogP) is -0.969. The molecule has 4 N–H and O–H groups in total. The largest absolute Gasteiger partial charge is 0.292 e. The van der Waals surface area contributed by atoms with Crippen LogP contribution in [0.5, 0.6) is 0 Å². The molecule has 9 nitrogen and oxygen atoms in total. The Kier molecular flexibility index (Phi) is 3.94. The van der Waals surface area contributed by atoms with Gasteiger partial charge in [0, 0.05) is 6.20 Å². The zero-order valence-corrected chi connectivity index (χ0v) is 10.5. The Balaban J connectivity index is 2.09. The maximum atomic E-state index is 11.9. The molecule has 0 aliphatic carbocycles. The van der Waals surface area contributed by atoms with Gasteiger partial charge in [0.2, 0.25) is 16.0 Å². The van der Waals surface area contributed by atoms with E-state index in [2.05, 4.69) is 30.1 Å². The average molecular weight is 281 g/mol. The van der Waals surface area contributed by atoms with E-state index in [-0.39, 0.29) is 17.4 Å². The Morgan fingerprint density at radius 3 is 2.53 bits per heavy atom. The van der Waals surface area contributed by atoms with Crippen molar-refractivity contribution in [2.24, 2.45) is 5.84 Å². The molecule has 0 saturated heterocycles. The first-order valence-electron chi connectivity index (χ1n) is 5.15. The van der Waals surface area contributed by atoms with Gasteiger partial charge in [0.05, 0.1) is 24.6 Å². The average Bonchev–Trinajstić information content (AvgIpc) is 2.46. The van der Waals surface area contributed by atoms with Crippen LogP contribution in [0.3, 0.4) is 0 Å². The molecular formula is C9H11N7O2S. The molecular weight excluding hydrogens is 270 g/mol. The molecule has 0 bridgehead atoms. The SMILES string of the molecule is NNc1ncc(S(=O)(=O)NCc2ccncn2)cn1. The first kappa shape index (κ1) is 13.3. The monoisotopic (exact) mass is 281 g/mol. The minimum absolute atomic E-state index is 0.0550. The van der Waals surface area contributed by atoms with Crippen molar-refractivity contribution in [2.45, 2.75) is 11.4 Å². The topological polar surface area (TPSA) is 136 Å². The number of hydrazine groups is 1. The molecule has 2 heterocycles. The molecule has 0 aliphatic rings. The Bertz CT molecular complexity index is 629. The van der Waals surface area contributed by atoms with Crippen molar-refractivity contribution in [2.75, 3.05) is 5.43 Å². The molecule has 0 saturated carbocycles. The van der Waals surface area contributed by atoms with Gasteiger partial charge in [-0.25, -0.2) is 38.9 Å². The minimum atomic E-state index is -3.69. The van der Waals surface area contributed by atoms with Gasteiger partial charge >= 0.3 is 0 Å². The second-order valence-electron chi connectivity index (χ2n) is 3.41. The van der Waals surface area contributed by atoms with Crippen molar-refractivity contribution >= 4 is 16.0 Å². The van der Waals surface area contributed by atoms with Crippen LogP contribution in [-0.2, 0) is 16.6 Å². The maximum absolute atomic E-state index is 11.9. The summed E-state index contributed by atoms with van der Waals surface area (Å²) in [7, 11) is -3.69. The second kappa shape index (κ2) is 5.65. The van der Waals surface area contributed by atoms with Crippen LogP contribution in [0.25, 0.3) is 0 Å². The summed E-state index contributed by atoms with van der Waals surface area (Å²) in [6.45, 7) is 0.0573. The Labute approximate surface area is 109 Å². The number of nitrogens with one attached hydrogen (secondary N) is 2. The molecule has 19 heavy (non-hydrogen) atoms. The van der Waals surface area contributed by atoms with Gasteiger partial charge < -0.3 is 0 Å². The van der Waals surface area contributed by atoms with Crippen molar-refractivity contribution in [3.8, 4) is 0 Å². The quantitative estimate of drug-likeness (QED) is 0.470. The lowest BCUT2D eigenvalue weighted by Crippen LogP contribution is -2.24. The molecule has 100 valence electrons. The second-order valence-corrected chi connectivity index (χ2v) is 5.18. The van der Waals surface area contributed by atoms with Gasteiger partial charge in [0.15, 0.2) is 0 Å². The van der Waals surface area contributed by atoms with Gasteiger partial charge in [-0.2, -0.15) is 0 Å². The van der Waals surface area contributed by atoms with E-state index in [1.54, 1.807) is 6.07 Å². The van der Waals surface area contributed by atoms with Gasteiger partial charge in [-0.1, -0.05) is 0 Å². The van der Waals surface area contributed by atoms with Crippen molar-refractivity contribution < 1.29 is 8.42 Å². The molecule has 0 aromatic carbocycles. The highest BCUT2D eigenvalue weighted by molar-refractivity contribution is 7.89. The van der Waals surface area contributed by atoms with E-state index >= 15 is 0 Å². The van der Waals surface area contributed by atoms with E-state index < -0.39 is 10.0 Å². The summed E-state index contributed by atoms with van der Waals surface area (Å²) in [5.41, 5.74) is 2.76. The summed E-state index contributed by atoms with van der Waals surface area (Å²) >= 11 is 0. The van der Waals surface area contributed by atoms with Crippen LogP contribution in [0.1, 0.15) is 5.69 Å². The normalized spacial score (nSPS) is 11.2. The highest BCUT2D eigenvalue weighted by atomic mass is 32.2. The fourth-order valence-electron chi connectivity index (χ4n) is 1.20. The van der Waals surface area contributed by atoms with Gasteiger partial charge in [-0.15, -0.1) is 0 Å². The lowest BCUT2D eigenvalue weighted by Gasteiger charge is -2.06. The molecule has 2 aromatic heterocycles. The van der Waals surface area contributed by atoms with E-state index in [0.29, 0.717) is 5.69 Å². The number of rotatable bonds is 5. The Hall–Kier alpha value is -2.17. The van der Waals surface area contributed by atoms with Crippen LogP contribution in [0.15, 0.2) is 35.9 Å². The Morgan fingerprint density at radius 2 is 1.95 bits per heavy atom. The molecule has 10 heteroatoms. The molecule has 0 atom stereocenters. The zero-order valence-electron chi connectivity index (χ0n) is 9.68. The van der Waals surface area contributed by atoms with E-state index in [1.807, 2.05) is 0 Å². The van der Waals surface area contributed by atoms with Gasteiger partial charge in [-0.3, -0.25) is 5.43 Å². The summed E-state index contributed by atoms with van der Waals surface area (Å²) in [5, 5.41) is 0. The summed E-state index contributed by atoms with van der Waals surface area (Å²) in [6.07, 6.45) is 5.19. The van der Waals surface area contributed by atoms with Crippen molar-refractivity contribution in [1.29, 1.82) is 0 Å². The van der Waals surface area contributed by atoms with Crippen LogP contribution >= 0.6 is 0 Å². The summed E-state index contributed by atoms with van der Waals surface area (Å²) in [4.78, 5) is 15.0. The first-order valence-corrected chi connectivity index (χ1v) is 6.63. The predicted molar refractivity (Wildman–Crippen MR) is 65.9 cm³/mol. The number of hydrogen-bond acceptors (Lipinski definition) is 8. The highest BCUT2D eigenvalue weighted by Gasteiger charge is 2.15. The molecule has 2 aromatic rings. The van der Waals surface area contributed by atoms with Crippen LogP contribution < -0.4 is 16.0 Å². The van der Waals surface area contributed by atoms with Gasteiger partial charge in [-0.05, 0) is 6.07 Å². The number of nitrogens with two attached hydrogens (primary N) is 1. The van der Waals surface area contributed by atoms with Crippen LogP contribution in [0, 0.1) is 0 Å². The van der Waals surface area contributed by atoms with Crippen LogP contribution in [0.4, 0.5) is 5.95 Å². The van der Waals surface area contributed by atoms with Crippen molar-refractivity contribution in [3.63, 3.8) is 0 Å². The fourth-order valence-corrected chi connectivity index (χ4v) is 2.09. The molecule has 0 spiro atoms. The van der Waals surface area contributed by atoms with E-state index in [1.165, 1.54) is 12.5 Å². The highest BCUT2D eigenvalue weighted by Crippen LogP contribution is 2.07. The molecule has 0 unspecified atom stereocenters. The number of nitrogen functional groups attached to an aromatic ring is 1. The molecule has 0 fully saturated rings. The van der Waals surface area contributed by atoms with E-state index in [0.717, 1.165) is 12.4 Å². The van der Waals surface area contributed by atoms with E-state index in [4.69, 9.17) is 5.84 Å². The third-order valence-corrected chi connectivity index (χ3v) is 3.51. The number of nitrogens with zero attached hydrogens (tertiary/aromatic N) is 4. The number of anilines is 1. The van der Waals surface area contributed by atoms with Crippen molar-refractivity contribution in [3.05, 3.63) is 36.7 Å². The van der Waals surface area contributed by atoms with Crippen LogP contribution in [-0.4, -0.2) is 28.4 Å². The number of hydrogen-bond donors (Lipinski definition) is 3. The minimum Gasteiger partial charge on any atom is -0.292 e. The molecule has 0 amide bonds. The lowest BCUT2D eigenvalue weighted by atomic mass is 10.4. The molecule has 0 aliphatic heterocycles. The van der Waals surface area contributed by atoms with E-state index in [9.17, 15) is 8.42 Å². The third kappa shape index (κ3) is 3.40. The Morgan fingerprint density at radius 1 is 1.21 bits per heavy atom. The standard InChI is InChI=1S/C9H11N7O2S/c10-16-9-12-4-8(5-13-9)19(17,18)15-3-7-1-2-11-6-14-7/h1-2,4-6,15H,3,10H2,(H,12,13,16). The maximum Gasteiger partial charge on any atom is 0.243 e. The third-order valence-electron chi connectivity index (χ3n) is 2.15. The van der Waals surface area contributed by atoms with Crippen LogP contribution in [0.2, 0.25) is 0 Å². The first-order chi connectivity index (χ1) is 9.12. The molecule has 2 rings (SSSR count). The fraction of sp³-hybridized carbons (Fsp3) is 0.111. The van der Waals surface area contributed by atoms with Gasteiger partial charge in [0.1, 0.15) is 11.2 Å². The number of aromatic nitrogens is 4. The van der Waals surface area contributed by atoms with Crippen molar-refractivity contribution in [1.82, 2.24) is 24.7 Å². The summed E-state index contributed by atoms with van der Waals surface area (Å²) in [5.74, 6) is 5.22. The zero-order chi connectivity index (χ0) is 13.7. The smallest absolute Gasteiger partial charge is 0.243 e. The summed E-state index contributed by atoms with van der Waals surface area (Å²) in [6, 6.07) is 1.61. The molecule has 0 radical (unpaired) electrons.